The number of hydrogen-bond donors (Lipinski definition) is 0. The highest BCUT2D eigenvalue weighted by Gasteiger charge is 2.21. The SMILES string of the molecule is c1csc(-c2csc(N3CCN(c4ccc5nnnn5n4)CC3)n2)c1. The van der Waals surface area contributed by atoms with Gasteiger partial charge in [0.1, 0.15) is 0 Å². The van der Waals surface area contributed by atoms with E-state index in [-0.39, 0.29) is 0 Å². The van der Waals surface area contributed by atoms with Crippen LogP contribution in [0.4, 0.5) is 10.9 Å². The van der Waals surface area contributed by atoms with Gasteiger partial charge in [-0.05, 0) is 34.0 Å². The van der Waals surface area contributed by atoms with E-state index in [1.807, 2.05) is 12.1 Å². The summed E-state index contributed by atoms with van der Waals surface area (Å²) in [6.45, 7) is 3.64. The Kier molecular flexibility index (Phi) is 3.56. The van der Waals surface area contributed by atoms with Gasteiger partial charge in [0.15, 0.2) is 16.6 Å². The van der Waals surface area contributed by atoms with E-state index in [4.69, 9.17) is 4.98 Å². The van der Waals surface area contributed by atoms with Crippen LogP contribution in [-0.2, 0) is 0 Å². The monoisotopic (exact) mass is 370 g/mol. The molecule has 8 nitrogen and oxygen atoms in total. The van der Waals surface area contributed by atoms with E-state index in [0.717, 1.165) is 42.8 Å². The van der Waals surface area contributed by atoms with E-state index in [2.05, 4.69) is 53.3 Å². The molecule has 0 bridgehead atoms. The number of tetrazole rings is 1. The number of fused-ring (bicyclic) bond motifs is 1. The molecule has 0 aromatic carbocycles. The largest absolute Gasteiger partial charge is 0.352 e. The quantitative estimate of drug-likeness (QED) is 0.546. The Morgan fingerprint density at radius 3 is 2.68 bits per heavy atom. The van der Waals surface area contributed by atoms with Gasteiger partial charge >= 0.3 is 0 Å². The lowest BCUT2D eigenvalue weighted by Gasteiger charge is -2.35. The highest BCUT2D eigenvalue weighted by Crippen LogP contribution is 2.30. The number of aromatic nitrogens is 6. The first-order chi connectivity index (χ1) is 12.4. The number of thiophene rings is 1. The second-order valence-corrected chi connectivity index (χ2v) is 7.47. The van der Waals surface area contributed by atoms with Crippen LogP contribution >= 0.6 is 22.7 Å². The summed E-state index contributed by atoms with van der Waals surface area (Å²) in [6.07, 6.45) is 0. The third kappa shape index (κ3) is 2.72. The number of rotatable bonds is 3. The molecule has 0 atom stereocenters. The van der Waals surface area contributed by atoms with Crippen LogP contribution in [0, 0.1) is 0 Å². The predicted octanol–water partition coefficient (Wildman–Crippen LogP) is 2.03. The fourth-order valence-electron chi connectivity index (χ4n) is 2.88. The van der Waals surface area contributed by atoms with Crippen LogP contribution in [0.5, 0.6) is 0 Å². The van der Waals surface area contributed by atoms with Crippen LogP contribution in [0.3, 0.4) is 0 Å². The molecule has 0 aliphatic carbocycles. The molecule has 5 heterocycles. The van der Waals surface area contributed by atoms with E-state index < -0.39 is 0 Å². The van der Waals surface area contributed by atoms with Crippen molar-refractivity contribution in [1.29, 1.82) is 0 Å². The summed E-state index contributed by atoms with van der Waals surface area (Å²) < 4.78 is 1.47. The lowest BCUT2D eigenvalue weighted by Crippen LogP contribution is -2.47. The molecule has 0 radical (unpaired) electrons. The summed E-state index contributed by atoms with van der Waals surface area (Å²) in [4.78, 5) is 10.6. The van der Waals surface area contributed by atoms with Gasteiger partial charge in [0.2, 0.25) is 0 Å². The fraction of sp³-hybridized carbons (Fsp3) is 0.267. The van der Waals surface area contributed by atoms with Crippen molar-refractivity contribution in [3.63, 3.8) is 0 Å². The summed E-state index contributed by atoms with van der Waals surface area (Å²) in [7, 11) is 0. The van der Waals surface area contributed by atoms with Crippen molar-refractivity contribution in [2.24, 2.45) is 0 Å². The average molecular weight is 370 g/mol. The molecule has 4 aromatic heterocycles. The third-order valence-corrected chi connectivity index (χ3v) is 5.99. The maximum absolute atomic E-state index is 4.80. The molecule has 0 saturated carbocycles. The van der Waals surface area contributed by atoms with Gasteiger partial charge in [-0.25, -0.2) is 4.98 Å². The molecule has 1 fully saturated rings. The number of piperazine rings is 1. The van der Waals surface area contributed by atoms with Crippen molar-refractivity contribution < 1.29 is 0 Å². The number of nitrogens with zero attached hydrogens (tertiary/aromatic N) is 8. The zero-order valence-electron chi connectivity index (χ0n) is 13.2. The molecule has 0 N–H and O–H groups in total. The van der Waals surface area contributed by atoms with E-state index >= 15 is 0 Å². The second kappa shape index (κ2) is 6.05. The molecule has 4 aromatic rings. The van der Waals surface area contributed by atoms with Gasteiger partial charge in [-0.15, -0.1) is 37.5 Å². The standard InChI is InChI=1S/C15H14N8S2/c1-2-12(24-9-1)11-10-25-15(16-11)22-7-5-21(6-8-22)14-4-3-13-17-19-20-23(13)18-14/h1-4,9-10H,5-8H2. The van der Waals surface area contributed by atoms with Crippen molar-refractivity contribution in [3.05, 3.63) is 35.0 Å². The molecule has 126 valence electrons. The molecular weight excluding hydrogens is 356 g/mol. The van der Waals surface area contributed by atoms with E-state index in [1.165, 1.54) is 9.51 Å². The molecule has 1 aliphatic rings. The van der Waals surface area contributed by atoms with Crippen LogP contribution in [0.15, 0.2) is 35.0 Å². The van der Waals surface area contributed by atoms with Gasteiger partial charge < -0.3 is 9.80 Å². The molecule has 25 heavy (non-hydrogen) atoms. The van der Waals surface area contributed by atoms with Gasteiger partial charge in [0.25, 0.3) is 0 Å². The number of anilines is 2. The number of thiazole rings is 1. The smallest absolute Gasteiger partial charge is 0.200 e. The summed E-state index contributed by atoms with van der Waals surface area (Å²) in [5.74, 6) is 0.901. The maximum atomic E-state index is 4.80. The molecular formula is C15H14N8S2. The Morgan fingerprint density at radius 2 is 1.84 bits per heavy atom. The molecule has 10 heteroatoms. The molecule has 1 saturated heterocycles. The summed E-state index contributed by atoms with van der Waals surface area (Å²) in [5.41, 5.74) is 1.73. The van der Waals surface area contributed by atoms with Crippen LogP contribution in [0.1, 0.15) is 0 Å². The lowest BCUT2D eigenvalue weighted by atomic mass is 10.3. The first-order valence-corrected chi connectivity index (χ1v) is 9.67. The van der Waals surface area contributed by atoms with Crippen molar-refractivity contribution in [1.82, 2.24) is 30.2 Å². The molecule has 0 spiro atoms. The summed E-state index contributed by atoms with van der Waals surface area (Å²) in [6, 6.07) is 8.04. The first kappa shape index (κ1) is 14.7. The van der Waals surface area contributed by atoms with Crippen LogP contribution < -0.4 is 9.80 Å². The van der Waals surface area contributed by atoms with Crippen molar-refractivity contribution in [2.75, 3.05) is 36.0 Å². The summed E-state index contributed by atoms with van der Waals surface area (Å²) >= 11 is 3.44. The van der Waals surface area contributed by atoms with Gasteiger partial charge in [-0.2, -0.15) is 0 Å². The van der Waals surface area contributed by atoms with Crippen molar-refractivity contribution in [3.8, 4) is 10.6 Å². The van der Waals surface area contributed by atoms with E-state index in [1.54, 1.807) is 22.7 Å². The maximum Gasteiger partial charge on any atom is 0.200 e. The normalized spacial score (nSPS) is 15.2. The fourth-order valence-corrected chi connectivity index (χ4v) is 4.52. The number of hydrogen-bond acceptors (Lipinski definition) is 9. The minimum Gasteiger partial charge on any atom is -0.352 e. The Labute approximate surface area is 151 Å². The highest BCUT2D eigenvalue weighted by molar-refractivity contribution is 7.16. The Hall–Kier alpha value is -2.59. The van der Waals surface area contributed by atoms with Gasteiger partial charge in [0.05, 0.1) is 10.6 Å². The topological polar surface area (TPSA) is 75.3 Å². The Bertz CT molecular complexity index is 984. The average Bonchev–Trinajstić information content (AvgIpc) is 3.41. The van der Waals surface area contributed by atoms with Gasteiger partial charge in [-0.3, -0.25) is 0 Å². The molecule has 0 amide bonds. The minimum atomic E-state index is 0.659. The molecule has 5 rings (SSSR count). The highest BCUT2D eigenvalue weighted by atomic mass is 32.1. The minimum absolute atomic E-state index is 0.659. The lowest BCUT2D eigenvalue weighted by molar-refractivity contribution is 0.632. The molecule has 0 unspecified atom stereocenters. The van der Waals surface area contributed by atoms with Crippen LogP contribution in [-0.4, -0.2) is 56.4 Å². The van der Waals surface area contributed by atoms with E-state index in [9.17, 15) is 0 Å². The second-order valence-electron chi connectivity index (χ2n) is 5.68. The van der Waals surface area contributed by atoms with Crippen LogP contribution in [0.25, 0.3) is 16.2 Å². The Morgan fingerprint density at radius 1 is 0.960 bits per heavy atom. The van der Waals surface area contributed by atoms with Crippen molar-refractivity contribution >= 4 is 39.3 Å². The predicted molar refractivity (Wildman–Crippen MR) is 98.4 cm³/mol. The summed E-state index contributed by atoms with van der Waals surface area (Å²) in [5, 5.41) is 21.2. The Balaban J connectivity index is 1.29. The van der Waals surface area contributed by atoms with Gasteiger partial charge in [-0.1, -0.05) is 6.07 Å². The zero-order chi connectivity index (χ0) is 16.6. The van der Waals surface area contributed by atoms with Crippen molar-refractivity contribution in [2.45, 2.75) is 0 Å². The van der Waals surface area contributed by atoms with Crippen LogP contribution in [0.2, 0.25) is 0 Å². The molecule has 1 aliphatic heterocycles. The zero-order valence-corrected chi connectivity index (χ0v) is 14.8. The third-order valence-electron chi connectivity index (χ3n) is 4.20. The van der Waals surface area contributed by atoms with Gasteiger partial charge in [0, 0.05) is 31.6 Å². The van der Waals surface area contributed by atoms with E-state index in [0.29, 0.717) is 5.65 Å². The first-order valence-electron chi connectivity index (χ1n) is 7.91.